The lowest BCUT2D eigenvalue weighted by Gasteiger charge is -2.24. The van der Waals surface area contributed by atoms with E-state index in [-0.39, 0.29) is 0 Å². The number of fused-ring (bicyclic) bond motifs is 17. The van der Waals surface area contributed by atoms with Crippen LogP contribution in [0.15, 0.2) is 122 Å². The van der Waals surface area contributed by atoms with Gasteiger partial charge in [0.1, 0.15) is 22.1 Å². The fourth-order valence-corrected chi connectivity index (χ4v) is 10.9. The van der Waals surface area contributed by atoms with Gasteiger partial charge < -0.3 is 0 Å². The number of benzene rings is 4. The highest BCUT2D eigenvalue weighted by Gasteiger charge is 2.43. The molecule has 4 bridgehead atoms. The molecule has 0 saturated heterocycles. The second kappa shape index (κ2) is 10.9. The summed E-state index contributed by atoms with van der Waals surface area (Å²) >= 11 is 0. The fraction of sp³-hybridized carbons (Fsp3) is 0.208. The molecule has 12 rings (SSSR count). The fourth-order valence-electron chi connectivity index (χ4n) is 10.9. The Bertz CT molecular complexity index is 2580. The van der Waals surface area contributed by atoms with Crippen molar-refractivity contribution in [1.82, 2.24) is 19.9 Å². The molecular weight excluding hydrogens is 633 g/mol. The molecule has 4 heteroatoms. The summed E-state index contributed by atoms with van der Waals surface area (Å²) in [6.07, 6.45) is 11.6. The van der Waals surface area contributed by atoms with Crippen LogP contribution < -0.4 is 0 Å². The monoisotopic (exact) mass is 668 g/mol. The highest BCUT2D eigenvalue weighted by atomic mass is 14.9. The van der Waals surface area contributed by atoms with E-state index in [4.69, 9.17) is 19.9 Å². The van der Waals surface area contributed by atoms with Gasteiger partial charge in [0.2, 0.25) is 0 Å². The van der Waals surface area contributed by atoms with Gasteiger partial charge in [-0.05, 0) is 107 Å². The molecule has 52 heavy (non-hydrogen) atoms. The second-order valence-electron chi connectivity index (χ2n) is 15.6. The highest BCUT2D eigenvalue weighted by molar-refractivity contribution is 6.13. The normalized spacial score (nSPS) is 21.0. The van der Waals surface area contributed by atoms with Gasteiger partial charge in [0.15, 0.2) is 0 Å². The molecule has 0 spiro atoms. The van der Waals surface area contributed by atoms with Gasteiger partial charge in [0.25, 0.3) is 0 Å². The lowest BCUT2D eigenvalue weighted by molar-refractivity contribution is 0.720. The van der Waals surface area contributed by atoms with Crippen LogP contribution in [0.5, 0.6) is 0 Å². The van der Waals surface area contributed by atoms with E-state index in [1.54, 1.807) is 0 Å². The first kappa shape index (κ1) is 28.9. The van der Waals surface area contributed by atoms with Gasteiger partial charge >= 0.3 is 0 Å². The van der Waals surface area contributed by atoms with Crippen molar-refractivity contribution in [3.8, 4) is 44.8 Å². The Labute approximate surface area is 302 Å². The zero-order valence-corrected chi connectivity index (χ0v) is 28.9. The van der Waals surface area contributed by atoms with E-state index in [0.717, 1.165) is 33.5 Å². The van der Waals surface area contributed by atoms with Crippen LogP contribution in [0, 0.1) is 0 Å². The van der Waals surface area contributed by atoms with Gasteiger partial charge in [-0.2, -0.15) is 0 Å². The maximum absolute atomic E-state index is 5.67. The molecule has 4 unspecified atom stereocenters. The summed E-state index contributed by atoms with van der Waals surface area (Å²) in [5.41, 5.74) is 19.0. The largest absolute Gasteiger partial charge is 0.251 e. The number of aromatic nitrogens is 4. The van der Waals surface area contributed by atoms with Crippen molar-refractivity contribution in [3.63, 3.8) is 0 Å². The lowest BCUT2D eigenvalue weighted by Crippen LogP contribution is -2.07. The van der Waals surface area contributed by atoms with E-state index in [0.29, 0.717) is 23.7 Å². The maximum Gasteiger partial charge on any atom is 0.117 e. The molecule has 4 aliphatic rings. The summed E-state index contributed by atoms with van der Waals surface area (Å²) in [7, 11) is 0. The van der Waals surface area contributed by atoms with Crippen molar-refractivity contribution in [1.29, 1.82) is 0 Å². The predicted octanol–water partition coefficient (Wildman–Crippen LogP) is 12.1. The van der Waals surface area contributed by atoms with Crippen molar-refractivity contribution in [2.24, 2.45) is 0 Å². The van der Waals surface area contributed by atoms with Crippen molar-refractivity contribution < 1.29 is 0 Å². The first-order chi connectivity index (χ1) is 25.8. The average molecular weight is 669 g/mol. The minimum Gasteiger partial charge on any atom is -0.251 e. The number of nitrogens with zero attached hydrogens (tertiary/aromatic N) is 4. The minimum atomic E-state index is 0.544. The summed E-state index contributed by atoms with van der Waals surface area (Å²) in [6, 6.07) is 39.2. The Morgan fingerprint density at radius 1 is 0.365 bits per heavy atom. The molecule has 2 saturated carbocycles. The molecule has 8 aromatic rings. The maximum atomic E-state index is 5.67. The first-order valence-electron chi connectivity index (χ1n) is 19.1. The van der Waals surface area contributed by atoms with Gasteiger partial charge in [-0.3, -0.25) is 9.97 Å². The standard InChI is InChI=1S/C48H36N4/c1-3-11-27(12-4-1)33-15-7-9-17-35(33)43-41-31-21-19-29(23-31)39(41)37-25-50-48-46-38(26-49-47(48)45(37)51-43)40-30-20-22-32(24-30)42(40)44(52-46)36-18-10-8-16-34(36)28-13-5-2-6-14-28/h1-18,25-26,29-32H,19-24H2. The van der Waals surface area contributed by atoms with Gasteiger partial charge in [-0.1, -0.05) is 109 Å². The van der Waals surface area contributed by atoms with Crippen molar-refractivity contribution >= 4 is 32.8 Å². The van der Waals surface area contributed by atoms with Crippen LogP contribution in [0.2, 0.25) is 0 Å². The van der Waals surface area contributed by atoms with Gasteiger partial charge in [-0.15, -0.1) is 0 Å². The summed E-state index contributed by atoms with van der Waals surface area (Å²) in [5, 5.41) is 2.36. The Balaban J connectivity index is 1.16. The van der Waals surface area contributed by atoms with E-state index in [1.165, 1.54) is 105 Å². The third-order valence-electron chi connectivity index (χ3n) is 13.0. The minimum absolute atomic E-state index is 0.544. The average Bonchev–Trinajstić information content (AvgIpc) is 4.04. The second-order valence-corrected chi connectivity index (χ2v) is 15.6. The topological polar surface area (TPSA) is 51.6 Å². The number of hydrogen-bond acceptors (Lipinski definition) is 4. The highest BCUT2D eigenvalue weighted by Crippen LogP contribution is 2.60. The molecule has 2 fully saturated rings. The summed E-state index contributed by atoms with van der Waals surface area (Å²) in [5.74, 6) is 2.18. The number of pyridine rings is 4. The van der Waals surface area contributed by atoms with Crippen molar-refractivity contribution in [2.45, 2.75) is 62.2 Å². The van der Waals surface area contributed by atoms with E-state index in [2.05, 4.69) is 122 Å². The molecule has 4 nitrogen and oxygen atoms in total. The van der Waals surface area contributed by atoms with E-state index < -0.39 is 0 Å². The molecule has 4 atom stereocenters. The smallest absolute Gasteiger partial charge is 0.117 e. The van der Waals surface area contributed by atoms with Gasteiger partial charge in [-0.25, -0.2) is 9.97 Å². The van der Waals surface area contributed by atoms with Crippen molar-refractivity contribution in [3.05, 3.63) is 144 Å². The molecule has 248 valence electrons. The number of hydrogen-bond donors (Lipinski definition) is 0. The Kier molecular flexibility index (Phi) is 6.05. The van der Waals surface area contributed by atoms with Crippen LogP contribution in [-0.4, -0.2) is 19.9 Å². The lowest BCUT2D eigenvalue weighted by atomic mass is 9.84. The van der Waals surface area contributed by atoms with Crippen LogP contribution in [-0.2, 0) is 0 Å². The van der Waals surface area contributed by atoms with Crippen LogP contribution >= 0.6 is 0 Å². The molecule has 0 amide bonds. The van der Waals surface area contributed by atoms with Crippen LogP contribution in [0.3, 0.4) is 0 Å². The molecule has 0 N–H and O–H groups in total. The van der Waals surface area contributed by atoms with Crippen LogP contribution in [0.4, 0.5) is 0 Å². The van der Waals surface area contributed by atoms with Crippen LogP contribution in [0.1, 0.15) is 84.5 Å². The van der Waals surface area contributed by atoms with Crippen molar-refractivity contribution in [2.75, 3.05) is 0 Å². The van der Waals surface area contributed by atoms with E-state index >= 15 is 0 Å². The van der Waals surface area contributed by atoms with Gasteiger partial charge in [0.05, 0.1) is 11.4 Å². The van der Waals surface area contributed by atoms with Gasteiger partial charge in [0, 0.05) is 34.3 Å². The molecule has 0 radical (unpaired) electrons. The summed E-state index contributed by atoms with van der Waals surface area (Å²) < 4.78 is 0. The zero-order valence-electron chi connectivity index (χ0n) is 28.9. The molecular formula is C48H36N4. The molecule has 0 aliphatic heterocycles. The Hall–Kier alpha value is -5.74. The third-order valence-corrected chi connectivity index (χ3v) is 13.0. The summed E-state index contributed by atoms with van der Waals surface area (Å²) in [6.45, 7) is 0. The Morgan fingerprint density at radius 2 is 0.731 bits per heavy atom. The summed E-state index contributed by atoms with van der Waals surface area (Å²) in [4.78, 5) is 22.0. The first-order valence-corrected chi connectivity index (χ1v) is 19.1. The Morgan fingerprint density at radius 3 is 1.15 bits per heavy atom. The SMILES string of the molecule is c1ccc(-c2ccccc2-c2nc3c(cnc4c5nc(-c6ccccc6-c6ccccc6)c6c(c5cnc34)C3CCC6C3)c3c2C2CCC3C2)cc1. The molecule has 4 aromatic carbocycles. The molecule has 4 aromatic heterocycles. The quantitative estimate of drug-likeness (QED) is 0.175. The predicted molar refractivity (Wildman–Crippen MR) is 211 cm³/mol. The number of rotatable bonds is 4. The third kappa shape index (κ3) is 3.98. The van der Waals surface area contributed by atoms with E-state index in [1.807, 2.05) is 0 Å². The zero-order chi connectivity index (χ0) is 33.9. The molecule has 4 heterocycles. The van der Waals surface area contributed by atoms with Crippen LogP contribution in [0.25, 0.3) is 77.6 Å². The van der Waals surface area contributed by atoms with E-state index in [9.17, 15) is 0 Å². The molecule has 4 aliphatic carbocycles.